The Hall–Kier alpha value is -0.790. The first-order valence-electron chi connectivity index (χ1n) is 4.97. The fraction of sp³-hybridized carbons (Fsp3) is 0.727. The van der Waals surface area contributed by atoms with Crippen molar-refractivity contribution in [2.75, 3.05) is 0 Å². The molecule has 72 valence electrons. The minimum atomic E-state index is -0.162. The van der Waals surface area contributed by atoms with Gasteiger partial charge in [0, 0.05) is 6.08 Å². The number of hydrogen-bond donors (Lipinski definition) is 0. The van der Waals surface area contributed by atoms with Gasteiger partial charge in [0.15, 0.2) is 0 Å². The molecule has 2 aliphatic rings. The second-order valence-electron chi connectivity index (χ2n) is 4.79. The van der Waals surface area contributed by atoms with Crippen LogP contribution in [0.3, 0.4) is 0 Å². The average Bonchev–Trinajstić information content (AvgIpc) is 2.88. The molecule has 0 N–H and O–H groups in total. The molecule has 0 spiro atoms. The van der Waals surface area contributed by atoms with E-state index in [1.54, 1.807) is 6.08 Å². The maximum atomic E-state index is 11.1. The van der Waals surface area contributed by atoms with Gasteiger partial charge >= 0.3 is 5.97 Å². The molecule has 0 heterocycles. The molecule has 13 heavy (non-hydrogen) atoms. The lowest BCUT2D eigenvalue weighted by Gasteiger charge is -1.97. The Morgan fingerprint density at radius 1 is 1.46 bits per heavy atom. The third kappa shape index (κ3) is 2.33. The molecule has 0 aromatic rings. The van der Waals surface area contributed by atoms with E-state index in [-0.39, 0.29) is 12.1 Å². The van der Waals surface area contributed by atoms with E-state index in [9.17, 15) is 4.79 Å². The summed E-state index contributed by atoms with van der Waals surface area (Å²) in [7, 11) is 0. The molecule has 0 radical (unpaired) electrons. The van der Waals surface area contributed by atoms with E-state index in [1.165, 1.54) is 6.42 Å². The van der Waals surface area contributed by atoms with Crippen LogP contribution in [0.4, 0.5) is 0 Å². The third-order valence-electron chi connectivity index (χ3n) is 2.86. The van der Waals surface area contributed by atoms with Crippen LogP contribution < -0.4 is 0 Å². The van der Waals surface area contributed by atoms with Gasteiger partial charge < -0.3 is 4.74 Å². The van der Waals surface area contributed by atoms with Crippen LogP contribution in [0, 0.1) is 11.3 Å². The lowest BCUT2D eigenvalue weighted by molar-refractivity contribution is -0.138. The van der Waals surface area contributed by atoms with Crippen LogP contribution in [-0.2, 0) is 9.53 Å². The molecule has 0 aromatic carbocycles. The second-order valence-corrected chi connectivity index (χ2v) is 4.79. The molecule has 2 nitrogen and oxygen atoms in total. The summed E-state index contributed by atoms with van der Waals surface area (Å²) >= 11 is 0. The van der Waals surface area contributed by atoms with Gasteiger partial charge in [-0.25, -0.2) is 4.79 Å². The third-order valence-corrected chi connectivity index (χ3v) is 2.86. The predicted molar refractivity (Wildman–Crippen MR) is 50.1 cm³/mol. The highest BCUT2D eigenvalue weighted by Gasteiger charge is 2.43. The molecule has 1 unspecified atom stereocenters. The van der Waals surface area contributed by atoms with E-state index in [0.29, 0.717) is 11.3 Å². The van der Waals surface area contributed by atoms with Crippen molar-refractivity contribution in [2.24, 2.45) is 11.3 Å². The molecular weight excluding hydrogens is 164 g/mol. The number of carbonyl (C=O) groups is 1. The molecule has 0 amide bonds. The predicted octanol–water partition coefficient (Wildman–Crippen LogP) is 2.29. The van der Waals surface area contributed by atoms with E-state index >= 15 is 0 Å². The highest BCUT2D eigenvalue weighted by atomic mass is 16.5. The zero-order valence-electron chi connectivity index (χ0n) is 8.25. The van der Waals surface area contributed by atoms with Gasteiger partial charge in [-0.1, -0.05) is 19.9 Å². The number of ether oxygens (including phenoxy) is 1. The van der Waals surface area contributed by atoms with E-state index in [0.717, 1.165) is 12.8 Å². The van der Waals surface area contributed by atoms with Gasteiger partial charge in [-0.2, -0.15) is 0 Å². The standard InChI is InChI=1S/C11H16O2/c1-11(2)7-8(11)3-6-10(12)13-9-4-5-9/h3,6,8-9H,4-5,7H2,1-2H3/b6-3-. The van der Waals surface area contributed by atoms with Crippen molar-refractivity contribution in [3.05, 3.63) is 12.2 Å². The first-order chi connectivity index (χ1) is 6.08. The van der Waals surface area contributed by atoms with Gasteiger partial charge in [-0.3, -0.25) is 0 Å². The van der Waals surface area contributed by atoms with Crippen molar-refractivity contribution < 1.29 is 9.53 Å². The van der Waals surface area contributed by atoms with Gasteiger partial charge in [0.2, 0.25) is 0 Å². The molecule has 0 aliphatic heterocycles. The number of carbonyl (C=O) groups excluding carboxylic acids is 1. The molecule has 0 saturated heterocycles. The van der Waals surface area contributed by atoms with Gasteiger partial charge in [0.1, 0.15) is 6.10 Å². The van der Waals surface area contributed by atoms with Crippen LogP contribution in [0.25, 0.3) is 0 Å². The van der Waals surface area contributed by atoms with E-state index in [4.69, 9.17) is 4.74 Å². The van der Waals surface area contributed by atoms with Crippen molar-refractivity contribution in [2.45, 2.75) is 39.2 Å². The fourth-order valence-corrected chi connectivity index (χ4v) is 1.42. The van der Waals surface area contributed by atoms with Crippen molar-refractivity contribution in [3.8, 4) is 0 Å². The van der Waals surface area contributed by atoms with E-state index < -0.39 is 0 Å². The maximum absolute atomic E-state index is 11.1. The maximum Gasteiger partial charge on any atom is 0.330 e. The Kier molecular flexibility index (Phi) is 1.94. The minimum absolute atomic E-state index is 0.162. The molecule has 2 heteroatoms. The number of hydrogen-bond acceptors (Lipinski definition) is 2. The first kappa shape index (κ1) is 8.79. The van der Waals surface area contributed by atoms with Crippen molar-refractivity contribution in [1.82, 2.24) is 0 Å². The topological polar surface area (TPSA) is 26.3 Å². The quantitative estimate of drug-likeness (QED) is 0.492. The number of rotatable bonds is 3. The van der Waals surface area contributed by atoms with Gasteiger partial charge in [-0.15, -0.1) is 0 Å². The van der Waals surface area contributed by atoms with Crippen LogP contribution in [0.15, 0.2) is 12.2 Å². The normalized spacial score (nSPS) is 30.5. The summed E-state index contributed by atoms with van der Waals surface area (Å²) in [5.74, 6) is 0.421. The Morgan fingerprint density at radius 2 is 2.08 bits per heavy atom. The second kappa shape index (κ2) is 2.86. The summed E-state index contributed by atoms with van der Waals surface area (Å²) in [4.78, 5) is 11.1. The zero-order chi connectivity index (χ0) is 9.47. The SMILES string of the molecule is CC1(C)CC1/C=C\C(=O)OC1CC1. The van der Waals surface area contributed by atoms with Crippen LogP contribution >= 0.6 is 0 Å². The molecule has 2 fully saturated rings. The van der Waals surface area contributed by atoms with Crippen LogP contribution in [0.5, 0.6) is 0 Å². The average molecular weight is 180 g/mol. The lowest BCUT2D eigenvalue weighted by atomic mass is 10.1. The lowest BCUT2D eigenvalue weighted by Crippen LogP contribution is -2.02. The van der Waals surface area contributed by atoms with E-state index in [1.807, 2.05) is 6.08 Å². The Bertz CT molecular complexity index is 249. The molecule has 1 atom stereocenters. The fourth-order valence-electron chi connectivity index (χ4n) is 1.42. The largest absolute Gasteiger partial charge is 0.459 e. The molecule has 2 rings (SSSR count). The molecule has 0 bridgehead atoms. The van der Waals surface area contributed by atoms with Gasteiger partial charge in [-0.05, 0) is 30.6 Å². The van der Waals surface area contributed by atoms with Gasteiger partial charge in [0.25, 0.3) is 0 Å². The number of allylic oxidation sites excluding steroid dienone is 1. The minimum Gasteiger partial charge on any atom is -0.459 e. The monoisotopic (exact) mass is 180 g/mol. The summed E-state index contributed by atoms with van der Waals surface area (Å²) in [6, 6.07) is 0. The Labute approximate surface area is 79.0 Å². The summed E-state index contributed by atoms with van der Waals surface area (Å²) in [6.07, 6.45) is 7.11. The van der Waals surface area contributed by atoms with Crippen molar-refractivity contribution in [3.63, 3.8) is 0 Å². The first-order valence-corrected chi connectivity index (χ1v) is 4.97. The Balaban J connectivity index is 1.74. The smallest absolute Gasteiger partial charge is 0.330 e. The molecular formula is C11H16O2. The molecule has 2 aliphatic carbocycles. The zero-order valence-corrected chi connectivity index (χ0v) is 8.25. The van der Waals surface area contributed by atoms with Crippen molar-refractivity contribution >= 4 is 5.97 Å². The van der Waals surface area contributed by atoms with E-state index in [2.05, 4.69) is 13.8 Å². The molecule has 2 saturated carbocycles. The highest BCUT2D eigenvalue weighted by molar-refractivity contribution is 5.82. The Morgan fingerprint density at radius 3 is 2.54 bits per heavy atom. The summed E-state index contributed by atoms with van der Waals surface area (Å²) in [6.45, 7) is 4.43. The number of esters is 1. The van der Waals surface area contributed by atoms with Crippen LogP contribution in [0.2, 0.25) is 0 Å². The van der Waals surface area contributed by atoms with Gasteiger partial charge in [0.05, 0.1) is 0 Å². The summed E-state index contributed by atoms with van der Waals surface area (Å²) < 4.78 is 5.08. The van der Waals surface area contributed by atoms with Crippen molar-refractivity contribution in [1.29, 1.82) is 0 Å². The summed E-state index contributed by atoms with van der Waals surface area (Å²) in [5.41, 5.74) is 0.413. The highest BCUT2D eigenvalue weighted by Crippen LogP contribution is 2.52. The molecule has 0 aromatic heterocycles. The summed E-state index contributed by atoms with van der Waals surface area (Å²) in [5, 5.41) is 0. The van der Waals surface area contributed by atoms with Crippen LogP contribution in [0.1, 0.15) is 33.1 Å². The van der Waals surface area contributed by atoms with Crippen LogP contribution in [-0.4, -0.2) is 12.1 Å².